The molecule has 0 heterocycles. The lowest BCUT2D eigenvalue weighted by Crippen LogP contribution is -2.06. The van der Waals surface area contributed by atoms with Crippen molar-refractivity contribution < 1.29 is 13.9 Å². The van der Waals surface area contributed by atoms with E-state index in [4.69, 9.17) is 0 Å². The first-order valence-corrected chi connectivity index (χ1v) is 6.66. The molecule has 2 rings (SSSR count). The minimum absolute atomic E-state index is 0.347. The Bertz CT molecular complexity index is 567. The van der Waals surface area contributed by atoms with Gasteiger partial charge in [0.1, 0.15) is 17.7 Å². The Balaban J connectivity index is 2.51. The Kier molecular flexibility index (Phi) is 4.14. The van der Waals surface area contributed by atoms with Crippen LogP contribution >= 0.6 is 31.9 Å². The molecule has 0 saturated heterocycles. The molecule has 0 amide bonds. The van der Waals surface area contributed by atoms with E-state index in [0.29, 0.717) is 10.0 Å². The zero-order chi connectivity index (χ0) is 13.3. The molecular weight excluding hydrogens is 370 g/mol. The summed E-state index contributed by atoms with van der Waals surface area (Å²) in [6.07, 6.45) is -1.35. The molecule has 2 aromatic carbocycles. The molecule has 0 saturated carbocycles. The Hall–Kier alpha value is -0.780. The van der Waals surface area contributed by atoms with Crippen molar-refractivity contribution >= 4 is 31.9 Å². The van der Waals surface area contributed by atoms with Crippen molar-refractivity contribution in [3.05, 3.63) is 68.1 Å². The molecule has 0 aromatic heterocycles. The molecule has 0 aliphatic carbocycles. The molecule has 0 aliphatic heterocycles. The smallest absolute Gasteiger partial charge is 0.132 e. The van der Waals surface area contributed by atoms with Gasteiger partial charge in [0, 0.05) is 8.95 Å². The maximum absolute atomic E-state index is 13.6. The van der Waals surface area contributed by atoms with E-state index >= 15 is 0 Å². The van der Waals surface area contributed by atoms with Crippen LogP contribution in [0.5, 0.6) is 0 Å². The topological polar surface area (TPSA) is 20.2 Å². The lowest BCUT2D eigenvalue weighted by molar-refractivity contribution is 0.208. The summed E-state index contributed by atoms with van der Waals surface area (Å²) in [5.41, 5.74) is 0.0581. The summed E-state index contributed by atoms with van der Waals surface area (Å²) >= 11 is 6.53. The van der Waals surface area contributed by atoms with Gasteiger partial charge in [-0.2, -0.15) is 0 Å². The summed E-state index contributed by atoms with van der Waals surface area (Å²) in [4.78, 5) is 0. The first-order chi connectivity index (χ1) is 8.50. The van der Waals surface area contributed by atoms with Crippen LogP contribution < -0.4 is 0 Å². The second kappa shape index (κ2) is 5.47. The normalized spacial score (nSPS) is 12.5. The summed E-state index contributed by atoms with van der Waals surface area (Å²) in [5.74, 6) is -1.53. The van der Waals surface area contributed by atoms with E-state index < -0.39 is 17.7 Å². The molecule has 1 unspecified atom stereocenters. The van der Waals surface area contributed by atoms with E-state index in [2.05, 4.69) is 31.9 Å². The van der Waals surface area contributed by atoms with Crippen LogP contribution in [0.15, 0.2) is 45.3 Å². The first-order valence-electron chi connectivity index (χ1n) is 5.07. The minimum Gasteiger partial charge on any atom is -0.383 e. The second-order valence-electron chi connectivity index (χ2n) is 3.70. The molecular formula is C13H8Br2F2O. The van der Waals surface area contributed by atoms with E-state index in [9.17, 15) is 13.9 Å². The van der Waals surface area contributed by atoms with Crippen molar-refractivity contribution in [2.75, 3.05) is 0 Å². The predicted octanol–water partition coefficient (Wildman–Crippen LogP) is 4.57. The second-order valence-corrected chi connectivity index (χ2v) is 5.47. The molecule has 18 heavy (non-hydrogen) atoms. The Morgan fingerprint density at radius 2 is 1.61 bits per heavy atom. The van der Waals surface area contributed by atoms with Gasteiger partial charge in [-0.3, -0.25) is 0 Å². The maximum Gasteiger partial charge on any atom is 0.132 e. The highest BCUT2D eigenvalue weighted by Gasteiger charge is 2.21. The molecule has 0 fully saturated rings. The third-order valence-electron chi connectivity index (χ3n) is 2.53. The molecule has 1 nitrogen and oxygen atoms in total. The van der Waals surface area contributed by atoms with Crippen molar-refractivity contribution in [2.24, 2.45) is 0 Å². The average molecular weight is 378 g/mol. The number of rotatable bonds is 2. The van der Waals surface area contributed by atoms with E-state index in [1.807, 2.05) is 0 Å². The monoisotopic (exact) mass is 376 g/mol. The fourth-order valence-corrected chi connectivity index (χ4v) is 2.91. The summed E-state index contributed by atoms with van der Waals surface area (Å²) in [6, 6.07) is 8.50. The zero-order valence-electron chi connectivity index (χ0n) is 9.00. The van der Waals surface area contributed by atoms with Gasteiger partial charge in [0.2, 0.25) is 0 Å². The summed E-state index contributed by atoms with van der Waals surface area (Å²) < 4.78 is 28.5. The Morgan fingerprint density at radius 1 is 1.00 bits per heavy atom. The van der Waals surface area contributed by atoms with Gasteiger partial charge in [0.15, 0.2) is 0 Å². The van der Waals surface area contributed by atoms with E-state index in [1.165, 1.54) is 6.07 Å². The van der Waals surface area contributed by atoms with Crippen LogP contribution in [0.1, 0.15) is 17.2 Å². The maximum atomic E-state index is 13.6. The van der Waals surface area contributed by atoms with Gasteiger partial charge in [-0.05, 0) is 29.8 Å². The molecule has 1 N–H and O–H groups in total. The number of halogens is 4. The highest BCUT2D eigenvalue weighted by molar-refractivity contribution is 9.11. The number of benzene rings is 2. The molecule has 0 spiro atoms. The lowest BCUT2D eigenvalue weighted by Gasteiger charge is -2.15. The SMILES string of the molecule is OC(c1ccc(Br)cc1Br)c1c(F)cccc1F. The molecule has 1 atom stereocenters. The third-order valence-corrected chi connectivity index (χ3v) is 3.71. The standard InChI is InChI=1S/C13H8Br2F2O/c14-7-4-5-8(9(15)6-7)13(18)12-10(16)2-1-3-11(12)17/h1-6,13,18H. The van der Waals surface area contributed by atoms with Crippen LogP contribution in [0.2, 0.25) is 0 Å². The zero-order valence-corrected chi connectivity index (χ0v) is 12.2. The van der Waals surface area contributed by atoms with Gasteiger partial charge in [0.05, 0.1) is 5.56 Å². The van der Waals surface area contributed by atoms with E-state index in [0.717, 1.165) is 16.6 Å². The van der Waals surface area contributed by atoms with Gasteiger partial charge in [0.25, 0.3) is 0 Å². The largest absolute Gasteiger partial charge is 0.383 e. The fraction of sp³-hybridized carbons (Fsp3) is 0.0769. The highest BCUT2D eigenvalue weighted by Crippen LogP contribution is 2.32. The van der Waals surface area contributed by atoms with E-state index in [1.54, 1.807) is 18.2 Å². The number of aliphatic hydroxyl groups excluding tert-OH is 1. The van der Waals surface area contributed by atoms with Crippen LogP contribution in [-0.2, 0) is 0 Å². The van der Waals surface area contributed by atoms with Crippen molar-refractivity contribution in [3.63, 3.8) is 0 Å². The molecule has 2 aromatic rings. The quantitative estimate of drug-likeness (QED) is 0.812. The van der Waals surface area contributed by atoms with Crippen LogP contribution in [0.25, 0.3) is 0 Å². The average Bonchev–Trinajstić information content (AvgIpc) is 2.28. The van der Waals surface area contributed by atoms with Crippen molar-refractivity contribution in [1.82, 2.24) is 0 Å². The Morgan fingerprint density at radius 3 is 2.17 bits per heavy atom. The van der Waals surface area contributed by atoms with Crippen molar-refractivity contribution in [3.8, 4) is 0 Å². The third kappa shape index (κ3) is 2.63. The molecule has 5 heteroatoms. The van der Waals surface area contributed by atoms with Gasteiger partial charge in [-0.25, -0.2) is 8.78 Å². The van der Waals surface area contributed by atoms with Gasteiger partial charge < -0.3 is 5.11 Å². The highest BCUT2D eigenvalue weighted by atomic mass is 79.9. The minimum atomic E-state index is -1.35. The van der Waals surface area contributed by atoms with Gasteiger partial charge in [-0.15, -0.1) is 0 Å². The van der Waals surface area contributed by atoms with Crippen molar-refractivity contribution in [2.45, 2.75) is 6.10 Å². The number of aliphatic hydroxyl groups is 1. The van der Waals surface area contributed by atoms with Crippen LogP contribution in [0.4, 0.5) is 8.78 Å². The Labute approximate surface area is 120 Å². The summed E-state index contributed by atoms with van der Waals surface area (Å²) in [6.45, 7) is 0. The first kappa shape index (κ1) is 13.6. The summed E-state index contributed by atoms with van der Waals surface area (Å²) in [7, 11) is 0. The van der Waals surface area contributed by atoms with E-state index in [-0.39, 0.29) is 5.56 Å². The number of hydrogen-bond acceptors (Lipinski definition) is 1. The van der Waals surface area contributed by atoms with Crippen LogP contribution in [0, 0.1) is 11.6 Å². The van der Waals surface area contributed by atoms with Gasteiger partial charge >= 0.3 is 0 Å². The molecule has 0 bridgehead atoms. The van der Waals surface area contributed by atoms with Gasteiger partial charge in [-0.1, -0.05) is 44.0 Å². The number of hydrogen-bond donors (Lipinski definition) is 1. The van der Waals surface area contributed by atoms with Crippen LogP contribution in [0.3, 0.4) is 0 Å². The summed E-state index contributed by atoms with van der Waals surface area (Å²) in [5, 5.41) is 10.1. The lowest BCUT2D eigenvalue weighted by atomic mass is 10.0. The molecule has 0 aliphatic rings. The predicted molar refractivity (Wildman–Crippen MR) is 72.3 cm³/mol. The van der Waals surface area contributed by atoms with Crippen molar-refractivity contribution in [1.29, 1.82) is 0 Å². The molecule has 0 radical (unpaired) electrons. The fourth-order valence-electron chi connectivity index (χ4n) is 1.65. The van der Waals surface area contributed by atoms with Crippen LogP contribution in [-0.4, -0.2) is 5.11 Å². The molecule has 94 valence electrons.